The van der Waals surface area contributed by atoms with E-state index in [1.165, 1.54) is 29.1 Å². The van der Waals surface area contributed by atoms with E-state index < -0.39 is 0 Å². The largest absolute Gasteiger partial charge is 0.389 e. The third-order valence-corrected chi connectivity index (χ3v) is 8.05. The van der Waals surface area contributed by atoms with Gasteiger partial charge in [0.25, 0.3) is 5.91 Å². The van der Waals surface area contributed by atoms with Crippen LogP contribution in [0.15, 0.2) is 83.9 Å². The number of carbonyl (C=O) groups is 1. The zero-order chi connectivity index (χ0) is 29.7. The number of nitrogens with zero attached hydrogens (tertiary/aromatic N) is 3. The lowest BCUT2D eigenvalue weighted by molar-refractivity contribution is 0.0816. The Morgan fingerprint density at radius 1 is 1.20 bits per heavy atom. The highest BCUT2D eigenvalue weighted by atomic mass is 19.1. The van der Waals surface area contributed by atoms with E-state index in [0.29, 0.717) is 6.04 Å². The van der Waals surface area contributed by atoms with Gasteiger partial charge in [0.1, 0.15) is 5.82 Å². The zero-order valence-electron chi connectivity index (χ0n) is 25.6. The van der Waals surface area contributed by atoms with Gasteiger partial charge in [0.15, 0.2) is 0 Å². The fourth-order valence-corrected chi connectivity index (χ4v) is 6.05. The van der Waals surface area contributed by atoms with Crippen molar-refractivity contribution >= 4 is 5.91 Å². The highest BCUT2D eigenvalue weighted by Crippen LogP contribution is 2.39. The summed E-state index contributed by atoms with van der Waals surface area (Å²) in [5.74, 6) is -0.0524. The van der Waals surface area contributed by atoms with Gasteiger partial charge in [-0.2, -0.15) is 0 Å². The molecule has 3 aliphatic rings. The van der Waals surface area contributed by atoms with Gasteiger partial charge in [0, 0.05) is 81.8 Å². The van der Waals surface area contributed by atoms with E-state index in [1.807, 2.05) is 50.5 Å². The smallest absolute Gasteiger partial charge is 0.254 e. The molecular weight excluding hydrogens is 513 g/mol. The van der Waals surface area contributed by atoms with E-state index in [0.717, 1.165) is 68.1 Å². The van der Waals surface area contributed by atoms with E-state index in [-0.39, 0.29) is 17.1 Å². The van der Waals surface area contributed by atoms with Gasteiger partial charge in [-0.1, -0.05) is 56.3 Å². The minimum atomic E-state index is -0.192. The van der Waals surface area contributed by atoms with Gasteiger partial charge in [0.2, 0.25) is 0 Å². The van der Waals surface area contributed by atoms with Crippen LogP contribution in [0, 0.1) is 11.2 Å². The maximum atomic E-state index is 13.2. The van der Waals surface area contributed by atoms with Crippen molar-refractivity contribution in [2.24, 2.45) is 5.41 Å². The molecule has 1 amide bonds. The molecule has 220 valence electrons. The number of fused-ring (bicyclic) bond motifs is 1. The summed E-state index contributed by atoms with van der Waals surface area (Å²) in [5.41, 5.74) is 7.98. The number of hydrogen-bond acceptors (Lipinski definition) is 5. The Labute approximate surface area is 245 Å². The number of carbonyl (C=O) groups excluding carboxylic acids is 1. The van der Waals surface area contributed by atoms with Gasteiger partial charge in [-0.25, -0.2) is 4.39 Å². The number of hydrogen-bond donors (Lipinski definition) is 2. The van der Waals surface area contributed by atoms with Gasteiger partial charge >= 0.3 is 0 Å². The molecule has 6 nitrogen and oxygen atoms in total. The molecule has 1 saturated heterocycles. The molecule has 5 rings (SSSR count). The first kappa shape index (κ1) is 30.5. The van der Waals surface area contributed by atoms with E-state index in [2.05, 4.69) is 60.8 Å². The summed E-state index contributed by atoms with van der Waals surface area (Å²) in [4.78, 5) is 17.9. The van der Waals surface area contributed by atoms with E-state index >= 15 is 0 Å². The molecule has 0 aliphatic carbocycles. The predicted molar refractivity (Wildman–Crippen MR) is 166 cm³/mol. The van der Waals surface area contributed by atoms with Crippen LogP contribution in [0.3, 0.4) is 0 Å². The van der Waals surface area contributed by atoms with Gasteiger partial charge in [-0.3, -0.25) is 9.69 Å². The Morgan fingerprint density at radius 3 is 2.56 bits per heavy atom. The molecule has 2 aromatic carbocycles. The van der Waals surface area contributed by atoms with Crippen molar-refractivity contribution in [3.8, 4) is 0 Å². The van der Waals surface area contributed by atoms with Crippen LogP contribution >= 0.6 is 0 Å². The highest BCUT2D eigenvalue weighted by molar-refractivity contribution is 5.98. The predicted octanol–water partition coefficient (Wildman–Crippen LogP) is 5.17. The first-order valence-electron chi connectivity index (χ1n) is 14.6. The molecule has 0 radical (unpaired) electrons. The second kappa shape index (κ2) is 13.0. The van der Waals surface area contributed by atoms with Crippen molar-refractivity contribution in [1.82, 2.24) is 25.3 Å². The maximum absolute atomic E-state index is 13.2. The molecular formula is C34H46FN5O. The fourth-order valence-electron chi connectivity index (χ4n) is 6.05. The number of allylic oxidation sites excluding steroid dienone is 2. The highest BCUT2D eigenvalue weighted by Gasteiger charge is 2.37. The summed E-state index contributed by atoms with van der Waals surface area (Å²) in [6, 6.07) is 15.0. The number of halogens is 1. The maximum Gasteiger partial charge on any atom is 0.254 e. The number of nitrogens with one attached hydrogen (secondary N) is 2. The number of benzene rings is 2. The number of amides is 1. The lowest BCUT2D eigenvalue weighted by Gasteiger charge is -2.35. The quantitative estimate of drug-likeness (QED) is 0.491. The van der Waals surface area contributed by atoms with Gasteiger partial charge < -0.3 is 20.4 Å². The van der Waals surface area contributed by atoms with Crippen LogP contribution < -0.4 is 10.6 Å². The van der Waals surface area contributed by atoms with Crippen molar-refractivity contribution in [3.63, 3.8) is 0 Å². The topological polar surface area (TPSA) is 50.9 Å². The third kappa shape index (κ3) is 7.46. The van der Waals surface area contributed by atoms with E-state index in [4.69, 9.17) is 0 Å². The minimum Gasteiger partial charge on any atom is -0.389 e. The molecule has 2 aromatic rings. The number of piperazine rings is 1. The molecule has 2 N–H and O–H groups in total. The van der Waals surface area contributed by atoms with Crippen molar-refractivity contribution in [2.75, 3.05) is 46.8 Å². The summed E-state index contributed by atoms with van der Waals surface area (Å²) in [7, 11) is 3.83. The summed E-state index contributed by atoms with van der Waals surface area (Å²) in [6.45, 7) is 19.1. The second-order valence-electron chi connectivity index (χ2n) is 12.2. The Kier molecular flexibility index (Phi) is 9.72. The monoisotopic (exact) mass is 559 g/mol. The van der Waals surface area contributed by atoms with Gasteiger partial charge in [0.05, 0.1) is 5.70 Å². The van der Waals surface area contributed by atoms with Crippen molar-refractivity contribution in [3.05, 3.63) is 106 Å². The van der Waals surface area contributed by atoms with Gasteiger partial charge in [-0.05, 0) is 55.7 Å². The third-order valence-electron chi connectivity index (χ3n) is 8.05. The molecule has 1 atom stereocenters. The molecule has 0 aromatic heterocycles. The van der Waals surface area contributed by atoms with Crippen molar-refractivity contribution in [2.45, 2.75) is 46.7 Å². The van der Waals surface area contributed by atoms with E-state index in [1.54, 1.807) is 4.90 Å². The Hall–Kier alpha value is -3.42. The number of rotatable bonds is 7. The van der Waals surface area contributed by atoms with Crippen LogP contribution in [-0.2, 0) is 13.0 Å². The average molecular weight is 560 g/mol. The summed E-state index contributed by atoms with van der Waals surface area (Å²) in [5, 5.41) is 6.96. The standard InChI is InChI=1S/C25H37FN4.C9H9NO/c1-18(13-21-7-9-22(26)10-8-21)14-23-24(27-6)25(4,5)17-30(23)20(3)16-29-12-11-28-19(2)15-29;1-10-6-7-4-2-3-5-8(7)9(10)11/h7-10,14,19,27-28H,3,11-13,15-17H2,1-2,4-6H3;2-5H,6H2,1H3/b18-14+;. The summed E-state index contributed by atoms with van der Waals surface area (Å²) >= 11 is 0. The molecule has 0 saturated carbocycles. The van der Waals surface area contributed by atoms with Crippen LogP contribution in [0.2, 0.25) is 0 Å². The molecule has 0 bridgehead atoms. The van der Waals surface area contributed by atoms with Gasteiger partial charge in [-0.15, -0.1) is 0 Å². The Balaban J connectivity index is 0.000000291. The van der Waals surface area contributed by atoms with E-state index in [9.17, 15) is 9.18 Å². The normalized spacial score (nSPS) is 20.6. The Bertz CT molecular complexity index is 1310. The molecule has 41 heavy (non-hydrogen) atoms. The zero-order valence-corrected chi connectivity index (χ0v) is 25.6. The van der Waals surface area contributed by atoms with Crippen LogP contribution in [0.5, 0.6) is 0 Å². The fraction of sp³-hybridized carbons (Fsp3) is 0.441. The molecule has 0 spiro atoms. The second-order valence-corrected chi connectivity index (χ2v) is 12.2. The average Bonchev–Trinajstić information content (AvgIpc) is 3.36. The van der Waals surface area contributed by atoms with Crippen molar-refractivity contribution < 1.29 is 9.18 Å². The van der Waals surface area contributed by atoms with Crippen LogP contribution in [-0.4, -0.2) is 73.5 Å². The SMILES string of the molecule is C=C(CN1CCNC(C)C1)N1CC(C)(C)C(NC)=C1/C=C(\C)Cc1ccc(F)cc1.CN1Cc2ccccc2C1=O. The molecule has 1 fully saturated rings. The van der Waals surface area contributed by atoms with Crippen LogP contribution in [0.25, 0.3) is 0 Å². The molecule has 7 heteroatoms. The van der Waals surface area contributed by atoms with Crippen LogP contribution in [0.4, 0.5) is 4.39 Å². The lowest BCUT2D eigenvalue weighted by Crippen LogP contribution is -2.50. The molecule has 1 unspecified atom stereocenters. The first-order valence-corrected chi connectivity index (χ1v) is 14.6. The molecule has 3 aliphatic heterocycles. The lowest BCUT2D eigenvalue weighted by atomic mass is 9.91. The summed E-state index contributed by atoms with van der Waals surface area (Å²) in [6.07, 6.45) is 3.08. The summed E-state index contributed by atoms with van der Waals surface area (Å²) < 4.78 is 13.2. The van der Waals surface area contributed by atoms with Crippen LogP contribution in [0.1, 0.15) is 49.2 Å². The first-order chi connectivity index (χ1) is 19.5. The molecule has 3 heterocycles. The Morgan fingerprint density at radius 2 is 1.90 bits per heavy atom. The minimum absolute atomic E-state index is 0.0242. The van der Waals surface area contributed by atoms with Crippen molar-refractivity contribution in [1.29, 1.82) is 0 Å².